The third-order valence-corrected chi connectivity index (χ3v) is 7.65. The standard InChI is InChI=1S/C21H19Cl2N3O3S/c1-13-2-4-14(5-3-13)10-20-24-18-8-9-26(12-16(18)21(27)25-20)30(28,29)19-11-15(22)6-7-17(19)23/h2-7,11H,8-10,12H2,1H3,(H,24,25,27). The lowest BCUT2D eigenvalue weighted by atomic mass is 10.1. The molecule has 0 saturated heterocycles. The monoisotopic (exact) mass is 463 g/mol. The van der Waals surface area contributed by atoms with Crippen LogP contribution in [-0.2, 0) is 29.4 Å². The number of benzene rings is 2. The molecule has 0 atom stereocenters. The van der Waals surface area contributed by atoms with E-state index in [4.69, 9.17) is 23.2 Å². The Morgan fingerprint density at radius 2 is 1.87 bits per heavy atom. The minimum atomic E-state index is -3.90. The summed E-state index contributed by atoms with van der Waals surface area (Å²) in [6.45, 7) is 2.16. The quantitative estimate of drug-likeness (QED) is 0.638. The topological polar surface area (TPSA) is 83.1 Å². The third-order valence-electron chi connectivity index (χ3n) is 5.09. The van der Waals surface area contributed by atoms with Crippen molar-refractivity contribution in [2.45, 2.75) is 31.2 Å². The van der Waals surface area contributed by atoms with E-state index in [1.54, 1.807) is 0 Å². The SMILES string of the molecule is Cc1ccc(Cc2nc3c(c(=O)[nH]2)CN(S(=O)(=O)c2cc(Cl)ccc2Cl)CC3)cc1. The van der Waals surface area contributed by atoms with E-state index in [0.29, 0.717) is 29.9 Å². The molecular formula is C21H19Cl2N3O3S. The van der Waals surface area contributed by atoms with E-state index in [-0.39, 0.29) is 33.6 Å². The molecule has 0 saturated carbocycles. The Morgan fingerprint density at radius 1 is 1.13 bits per heavy atom. The van der Waals surface area contributed by atoms with Crippen molar-refractivity contribution >= 4 is 33.2 Å². The van der Waals surface area contributed by atoms with Crippen LogP contribution in [0.4, 0.5) is 0 Å². The van der Waals surface area contributed by atoms with Crippen molar-refractivity contribution in [3.8, 4) is 0 Å². The van der Waals surface area contributed by atoms with E-state index < -0.39 is 10.0 Å². The van der Waals surface area contributed by atoms with Crippen LogP contribution in [0.25, 0.3) is 0 Å². The highest BCUT2D eigenvalue weighted by atomic mass is 35.5. The average molecular weight is 464 g/mol. The number of rotatable bonds is 4. The molecule has 2 aromatic carbocycles. The molecule has 0 radical (unpaired) electrons. The Hall–Kier alpha value is -2.19. The second-order valence-corrected chi connectivity index (χ2v) is 10.0. The maximum atomic E-state index is 13.1. The summed E-state index contributed by atoms with van der Waals surface area (Å²) in [5, 5.41) is 0.362. The normalized spacial score (nSPS) is 14.5. The van der Waals surface area contributed by atoms with Gasteiger partial charge in [-0.05, 0) is 30.7 Å². The lowest BCUT2D eigenvalue weighted by Crippen LogP contribution is -2.39. The fourth-order valence-electron chi connectivity index (χ4n) is 3.45. The van der Waals surface area contributed by atoms with Gasteiger partial charge in [0.05, 0.1) is 16.3 Å². The number of fused-ring (bicyclic) bond motifs is 1. The van der Waals surface area contributed by atoms with Gasteiger partial charge in [0.15, 0.2) is 0 Å². The second kappa shape index (κ2) is 8.15. The summed E-state index contributed by atoms with van der Waals surface area (Å²) in [6, 6.07) is 12.3. The smallest absolute Gasteiger partial charge is 0.255 e. The fraction of sp³-hybridized carbons (Fsp3) is 0.238. The van der Waals surface area contributed by atoms with Crippen LogP contribution in [0.1, 0.15) is 28.2 Å². The van der Waals surface area contributed by atoms with Crippen molar-refractivity contribution in [1.82, 2.24) is 14.3 Å². The van der Waals surface area contributed by atoms with Crippen molar-refractivity contribution in [2.75, 3.05) is 6.54 Å². The molecule has 1 N–H and O–H groups in total. The molecule has 3 aromatic rings. The average Bonchev–Trinajstić information content (AvgIpc) is 2.71. The number of halogens is 2. The summed E-state index contributed by atoms with van der Waals surface area (Å²) in [5.74, 6) is 0.566. The highest BCUT2D eigenvalue weighted by molar-refractivity contribution is 7.89. The van der Waals surface area contributed by atoms with Gasteiger partial charge in [0.25, 0.3) is 5.56 Å². The van der Waals surface area contributed by atoms with Crippen molar-refractivity contribution in [3.05, 3.63) is 91.1 Å². The van der Waals surface area contributed by atoms with Crippen LogP contribution in [0.3, 0.4) is 0 Å². The molecule has 1 aliphatic rings. The first kappa shape index (κ1) is 21.1. The predicted molar refractivity (Wildman–Crippen MR) is 117 cm³/mol. The predicted octanol–water partition coefficient (Wildman–Crippen LogP) is 3.72. The van der Waals surface area contributed by atoms with Gasteiger partial charge in [-0.1, -0.05) is 53.0 Å². The number of aryl methyl sites for hydroxylation is 1. The zero-order valence-corrected chi connectivity index (χ0v) is 18.5. The van der Waals surface area contributed by atoms with Gasteiger partial charge < -0.3 is 4.98 Å². The molecule has 4 rings (SSSR count). The summed E-state index contributed by atoms with van der Waals surface area (Å²) in [6.07, 6.45) is 0.848. The van der Waals surface area contributed by atoms with Crippen LogP contribution in [0.15, 0.2) is 52.2 Å². The van der Waals surface area contributed by atoms with Gasteiger partial charge in [0.1, 0.15) is 10.7 Å². The Morgan fingerprint density at radius 3 is 2.60 bits per heavy atom. The summed E-state index contributed by atoms with van der Waals surface area (Å²) in [4.78, 5) is 20.0. The van der Waals surface area contributed by atoms with Gasteiger partial charge in [-0.2, -0.15) is 4.31 Å². The van der Waals surface area contributed by atoms with E-state index in [2.05, 4.69) is 9.97 Å². The van der Waals surface area contributed by atoms with Crippen LogP contribution in [0, 0.1) is 6.92 Å². The Labute approximate surface area is 184 Å². The number of sulfonamides is 1. The van der Waals surface area contributed by atoms with Gasteiger partial charge >= 0.3 is 0 Å². The molecule has 0 fully saturated rings. The maximum Gasteiger partial charge on any atom is 0.255 e. The van der Waals surface area contributed by atoms with E-state index in [0.717, 1.165) is 11.1 Å². The molecule has 0 spiro atoms. The molecule has 9 heteroatoms. The Kier molecular flexibility index (Phi) is 5.72. The van der Waals surface area contributed by atoms with Crippen LogP contribution in [-0.4, -0.2) is 29.2 Å². The van der Waals surface area contributed by atoms with E-state index in [1.165, 1.54) is 22.5 Å². The lowest BCUT2D eigenvalue weighted by Gasteiger charge is -2.27. The van der Waals surface area contributed by atoms with Crippen molar-refractivity contribution < 1.29 is 8.42 Å². The zero-order valence-electron chi connectivity index (χ0n) is 16.2. The Balaban J connectivity index is 1.62. The molecule has 30 heavy (non-hydrogen) atoms. The van der Waals surface area contributed by atoms with Crippen molar-refractivity contribution in [2.24, 2.45) is 0 Å². The van der Waals surface area contributed by atoms with Gasteiger partial charge in [0.2, 0.25) is 10.0 Å². The van der Waals surface area contributed by atoms with Crippen molar-refractivity contribution in [1.29, 1.82) is 0 Å². The summed E-state index contributed by atoms with van der Waals surface area (Å²) < 4.78 is 27.4. The molecule has 1 aliphatic heterocycles. The molecule has 6 nitrogen and oxygen atoms in total. The maximum absolute atomic E-state index is 13.1. The first-order valence-electron chi connectivity index (χ1n) is 9.36. The first-order chi connectivity index (χ1) is 14.2. The highest BCUT2D eigenvalue weighted by Gasteiger charge is 2.32. The number of H-pyrrole nitrogens is 1. The minimum Gasteiger partial charge on any atom is -0.310 e. The molecular weight excluding hydrogens is 445 g/mol. The van der Waals surface area contributed by atoms with Gasteiger partial charge in [-0.25, -0.2) is 13.4 Å². The van der Waals surface area contributed by atoms with Crippen LogP contribution in [0.5, 0.6) is 0 Å². The largest absolute Gasteiger partial charge is 0.310 e. The van der Waals surface area contributed by atoms with E-state index >= 15 is 0 Å². The number of hydrogen-bond acceptors (Lipinski definition) is 4. The van der Waals surface area contributed by atoms with Crippen molar-refractivity contribution in [3.63, 3.8) is 0 Å². The number of nitrogens with one attached hydrogen (secondary N) is 1. The second-order valence-electron chi connectivity index (χ2n) is 7.26. The van der Waals surface area contributed by atoms with Gasteiger partial charge in [-0.3, -0.25) is 4.79 Å². The summed E-state index contributed by atoms with van der Waals surface area (Å²) in [7, 11) is -3.90. The fourth-order valence-corrected chi connectivity index (χ4v) is 5.60. The van der Waals surface area contributed by atoms with Gasteiger partial charge in [0, 0.05) is 31.0 Å². The molecule has 0 bridgehead atoms. The van der Waals surface area contributed by atoms with E-state index in [9.17, 15) is 13.2 Å². The van der Waals surface area contributed by atoms with Crippen LogP contribution >= 0.6 is 23.2 Å². The zero-order chi connectivity index (χ0) is 21.5. The van der Waals surface area contributed by atoms with Gasteiger partial charge in [-0.15, -0.1) is 0 Å². The number of aromatic nitrogens is 2. The molecule has 156 valence electrons. The summed E-state index contributed by atoms with van der Waals surface area (Å²) >= 11 is 12.0. The van der Waals surface area contributed by atoms with E-state index in [1.807, 2.05) is 31.2 Å². The number of hydrogen-bond donors (Lipinski definition) is 1. The van der Waals surface area contributed by atoms with Crippen LogP contribution < -0.4 is 5.56 Å². The Bertz CT molecular complexity index is 1270. The number of aromatic amines is 1. The molecule has 1 aromatic heterocycles. The third kappa shape index (κ3) is 4.16. The first-order valence-corrected chi connectivity index (χ1v) is 11.6. The molecule has 0 amide bonds. The minimum absolute atomic E-state index is 0.0619. The molecule has 0 unspecified atom stereocenters. The molecule has 0 aliphatic carbocycles. The lowest BCUT2D eigenvalue weighted by molar-refractivity contribution is 0.384. The molecule has 2 heterocycles. The summed E-state index contributed by atoms with van der Waals surface area (Å²) in [5.41, 5.74) is 2.87. The highest BCUT2D eigenvalue weighted by Crippen LogP contribution is 2.30. The number of nitrogens with zero attached hydrogens (tertiary/aromatic N) is 2. The van der Waals surface area contributed by atoms with Crippen LogP contribution in [0.2, 0.25) is 10.0 Å².